The molecule has 0 atom stereocenters. The first kappa shape index (κ1) is 15.6. The van der Waals surface area contributed by atoms with E-state index in [9.17, 15) is 0 Å². The first-order valence-electron chi connectivity index (χ1n) is 8.98. The minimum absolute atomic E-state index is 0.686. The Morgan fingerprint density at radius 2 is 1.93 bits per heavy atom. The maximum atomic E-state index is 6.08. The van der Waals surface area contributed by atoms with Crippen LogP contribution in [-0.4, -0.2) is 15.0 Å². The number of aromatic amines is 1. The van der Waals surface area contributed by atoms with Crippen LogP contribution in [0.3, 0.4) is 0 Å². The molecule has 132 valence electrons. The SMILES string of the molecule is CCc1cnc(-c2oc3cnccc3c2Nc2ccc3ccccc3c2)[nH]1. The molecule has 0 aliphatic rings. The normalized spacial score (nSPS) is 11.3. The zero-order valence-corrected chi connectivity index (χ0v) is 14.9. The number of nitrogens with one attached hydrogen (secondary N) is 2. The van der Waals surface area contributed by atoms with Crippen LogP contribution in [0.15, 0.2) is 71.5 Å². The van der Waals surface area contributed by atoms with Gasteiger partial charge in [0.05, 0.1) is 11.9 Å². The second kappa shape index (κ2) is 6.29. The highest BCUT2D eigenvalue weighted by atomic mass is 16.3. The van der Waals surface area contributed by atoms with E-state index in [-0.39, 0.29) is 0 Å². The van der Waals surface area contributed by atoms with Crippen molar-refractivity contribution < 1.29 is 4.42 Å². The van der Waals surface area contributed by atoms with Crippen molar-refractivity contribution in [1.82, 2.24) is 15.0 Å². The number of rotatable bonds is 4. The molecule has 5 aromatic rings. The van der Waals surface area contributed by atoms with Crippen LogP contribution in [0, 0.1) is 0 Å². The molecule has 2 N–H and O–H groups in total. The minimum Gasteiger partial charge on any atom is -0.449 e. The van der Waals surface area contributed by atoms with Crippen LogP contribution in [-0.2, 0) is 6.42 Å². The summed E-state index contributed by atoms with van der Waals surface area (Å²) in [4.78, 5) is 12.0. The van der Waals surface area contributed by atoms with E-state index in [0.29, 0.717) is 11.6 Å². The number of nitrogens with zero attached hydrogens (tertiary/aromatic N) is 2. The molecule has 5 nitrogen and oxygen atoms in total. The molecule has 3 heterocycles. The second-order valence-electron chi connectivity index (χ2n) is 6.48. The van der Waals surface area contributed by atoms with Crippen molar-refractivity contribution in [3.05, 3.63) is 72.8 Å². The number of hydrogen-bond donors (Lipinski definition) is 2. The second-order valence-corrected chi connectivity index (χ2v) is 6.48. The number of imidazole rings is 1. The van der Waals surface area contributed by atoms with Crippen LogP contribution in [0.4, 0.5) is 11.4 Å². The quantitative estimate of drug-likeness (QED) is 0.436. The maximum absolute atomic E-state index is 6.08. The number of fused-ring (bicyclic) bond motifs is 2. The van der Waals surface area contributed by atoms with E-state index in [1.54, 1.807) is 12.4 Å². The van der Waals surface area contributed by atoms with Crippen LogP contribution in [0.5, 0.6) is 0 Å². The van der Waals surface area contributed by atoms with Gasteiger partial charge in [0.2, 0.25) is 0 Å². The number of aryl methyl sites for hydroxylation is 1. The number of aromatic nitrogens is 3. The van der Waals surface area contributed by atoms with Crippen LogP contribution in [0.25, 0.3) is 33.3 Å². The van der Waals surface area contributed by atoms with E-state index in [1.165, 1.54) is 10.8 Å². The molecular weight excluding hydrogens is 336 g/mol. The lowest BCUT2D eigenvalue weighted by Crippen LogP contribution is -1.92. The monoisotopic (exact) mass is 354 g/mol. The van der Waals surface area contributed by atoms with Crippen molar-refractivity contribution in [2.45, 2.75) is 13.3 Å². The summed E-state index contributed by atoms with van der Waals surface area (Å²) in [6, 6.07) is 16.6. The predicted molar refractivity (Wildman–Crippen MR) is 108 cm³/mol. The molecule has 5 rings (SSSR count). The number of pyridine rings is 1. The van der Waals surface area contributed by atoms with Gasteiger partial charge in [-0.25, -0.2) is 4.98 Å². The topological polar surface area (TPSA) is 66.7 Å². The maximum Gasteiger partial charge on any atom is 0.194 e. The smallest absolute Gasteiger partial charge is 0.194 e. The minimum atomic E-state index is 0.686. The van der Waals surface area contributed by atoms with Gasteiger partial charge >= 0.3 is 0 Å². The number of furan rings is 1. The fourth-order valence-corrected chi connectivity index (χ4v) is 3.31. The third-order valence-electron chi connectivity index (χ3n) is 4.74. The van der Waals surface area contributed by atoms with Gasteiger partial charge in [-0.3, -0.25) is 4.98 Å². The van der Waals surface area contributed by atoms with Gasteiger partial charge in [0, 0.05) is 29.2 Å². The van der Waals surface area contributed by atoms with E-state index < -0.39 is 0 Å². The van der Waals surface area contributed by atoms with Gasteiger partial charge in [-0.05, 0) is 35.4 Å². The molecule has 5 heteroatoms. The molecule has 3 aromatic heterocycles. The molecule has 2 aromatic carbocycles. The summed E-state index contributed by atoms with van der Waals surface area (Å²) in [5.74, 6) is 1.40. The molecule has 0 saturated carbocycles. The van der Waals surface area contributed by atoms with Crippen molar-refractivity contribution in [1.29, 1.82) is 0 Å². The van der Waals surface area contributed by atoms with Gasteiger partial charge in [0.1, 0.15) is 0 Å². The predicted octanol–water partition coefficient (Wildman–Crippen LogP) is 5.68. The lowest BCUT2D eigenvalue weighted by molar-refractivity contribution is 0.625. The molecule has 27 heavy (non-hydrogen) atoms. The van der Waals surface area contributed by atoms with Crippen molar-refractivity contribution in [3.8, 4) is 11.6 Å². The first-order chi connectivity index (χ1) is 13.3. The Balaban J connectivity index is 1.65. The fourth-order valence-electron chi connectivity index (χ4n) is 3.31. The summed E-state index contributed by atoms with van der Waals surface area (Å²) >= 11 is 0. The van der Waals surface area contributed by atoms with Crippen molar-refractivity contribution in [2.75, 3.05) is 5.32 Å². The van der Waals surface area contributed by atoms with Crippen LogP contribution in [0.1, 0.15) is 12.6 Å². The Morgan fingerprint density at radius 1 is 1.04 bits per heavy atom. The van der Waals surface area contributed by atoms with Gasteiger partial charge in [-0.2, -0.15) is 0 Å². The molecular formula is C22H18N4O. The molecule has 0 amide bonds. The summed E-state index contributed by atoms with van der Waals surface area (Å²) in [6.45, 7) is 2.09. The van der Waals surface area contributed by atoms with Gasteiger partial charge in [0.15, 0.2) is 17.2 Å². The zero-order valence-electron chi connectivity index (χ0n) is 14.9. The molecule has 0 saturated heterocycles. The standard InChI is InChI=1S/C22H18N4O/c1-2-16-12-24-22(26-16)21-20(18-9-10-23-13-19(18)27-21)25-17-8-7-14-5-3-4-6-15(14)11-17/h3-13,25H,2H2,1H3,(H,24,26). The average molecular weight is 354 g/mol. The van der Waals surface area contributed by atoms with Gasteiger partial charge in [-0.15, -0.1) is 0 Å². The van der Waals surface area contributed by atoms with E-state index in [1.807, 2.05) is 24.4 Å². The Labute approximate surface area is 156 Å². The largest absolute Gasteiger partial charge is 0.449 e. The molecule has 0 aliphatic heterocycles. The van der Waals surface area contributed by atoms with Crippen molar-refractivity contribution in [3.63, 3.8) is 0 Å². The first-order valence-corrected chi connectivity index (χ1v) is 8.98. The molecule has 0 radical (unpaired) electrons. The number of anilines is 2. The average Bonchev–Trinajstić information content (AvgIpc) is 3.33. The van der Waals surface area contributed by atoms with Crippen molar-refractivity contribution >= 4 is 33.1 Å². The third kappa shape index (κ3) is 2.73. The van der Waals surface area contributed by atoms with E-state index in [0.717, 1.165) is 34.5 Å². The van der Waals surface area contributed by atoms with E-state index >= 15 is 0 Å². The number of benzene rings is 2. The van der Waals surface area contributed by atoms with E-state index in [4.69, 9.17) is 4.42 Å². The molecule has 0 aliphatic carbocycles. The highest BCUT2D eigenvalue weighted by Gasteiger charge is 2.19. The highest BCUT2D eigenvalue weighted by molar-refractivity contribution is 6.00. The van der Waals surface area contributed by atoms with E-state index in [2.05, 4.69) is 57.5 Å². The van der Waals surface area contributed by atoms with Crippen LogP contribution >= 0.6 is 0 Å². The number of H-pyrrole nitrogens is 1. The summed E-state index contributed by atoms with van der Waals surface area (Å²) < 4.78 is 6.08. The molecule has 0 unspecified atom stereocenters. The number of hydrogen-bond acceptors (Lipinski definition) is 4. The lowest BCUT2D eigenvalue weighted by Gasteiger charge is -2.08. The Morgan fingerprint density at radius 3 is 2.78 bits per heavy atom. The van der Waals surface area contributed by atoms with Crippen LogP contribution in [0.2, 0.25) is 0 Å². The molecule has 0 fully saturated rings. The van der Waals surface area contributed by atoms with Crippen LogP contribution < -0.4 is 5.32 Å². The van der Waals surface area contributed by atoms with Gasteiger partial charge in [0.25, 0.3) is 0 Å². The third-order valence-corrected chi connectivity index (χ3v) is 4.74. The Bertz CT molecular complexity index is 1250. The summed E-state index contributed by atoms with van der Waals surface area (Å²) in [5, 5.41) is 6.90. The molecule has 0 spiro atoms. The highest BCUT2D eigenvalue weighted by Crippen LogP contribution is 2.38. The van der Waals surface area contributed by atoms with Gasteiger partial charge in [-0.1, -0.05) is 37.3 Å². The Kier molecular flexibility index (Phi) is 3.64. The summed E-state index contributed by atoms with van der Waals surface area (Å²) in [5.41, 5.74) is 3.68. The fraction of sp³-hybridized carbons (Fsp3) is 0.0909. The van der Waals surface area contributed by atoms with Gasteiger partial charge < -0.3 is 14.7 Å². The zero-order chi connectivity index (χ0) is 18.2. The molecule has 0 bridgehead atoms. The lowest BCUT2D eigenvalue weighted by atomic mass is 10.1. The summed E-state index contributed by atoms with van der Waals surface area (Å²) in [6.07, 6.45) is 6.24. The van der Waals surface area contributed by atoms with Crippen molar-refractivity contribution in [2.24, 2.45) is 0 Å². The summed E-state index contributed by atoms with van der Waals surface area (Å²) in [7, 11) is 0. The Hall–Kier alpha value is -3.60.